The molecule has 1 aliphatic rings. The molecule has 3 N–H and O–H groups in total. The molecule has 0 bridgehead atoms. The summed E-state index contributed by atoms with van der Waals surface area (Å²) in [5.41, 5.74) is 10.5. The van der Waals surface area contributed by atoms with Crippen LogP contribution in [0.25, 0.3) is 0 Å². The van der Waals surface area contributed by atoms with Crippen LogP contribution in [0.15, 0.2) is 36.4 Å². The number of nitrogens with zero attached hydrogens (tertiary/aromatic N) is 1. The Morgan fingerprint density at radius 3 is 2.81 bits per heavy atom. The Labute approximate surface area is 123 Å². The predicted octanol–water partition coefficient (Wildman–Crippen LogP) is 3.36. The van der Waals surface area contributed by atoms with Gasteiger partial charge in [-0.3, -0.25) is 0 Å². The second-order valence-electron chi connectivity index (χ2n) is 5.41. The molecule has 4 heteroatoms. The number of nitrogen functional groups attached to an aromatic ring is 1. The lowest BCUT2D eigenvalue weighted by Gasteiger charge is -2.32. The standard InChI is InChI=1S/C17H18N2O2/c1-11-9-13(10-14(16(11)18)17(20)21)19-8-4-6-12-5-2-3-7-15(12)19/h2-3,5,7,9-10H,4,6,8,18H2,1H3,(H,20,21). The number of carbonyl (C=O) groups is 1. The van der Waals surface area contributed by atoms with Crippen molar-refractivity contribution >= 4 is 23.0 Å². The van der Waals surface area contributed by atoms with Crippen molar-refractivity contribution in [3.05, 3.63) is 53.1 Å². The smallest absolute Gasteiger partial charge is 0.337 e. The van der Waals surface area contributed by atoms with Crippen molar-refractivity contribution in [1.82, 2.24) is 0 Å². The Balaban J connectivity index is 2.12. The van der Waals surface area contributed by atoms with Crippen LogP contribution in [0.4, 0.5) is 17.1 Å². The molecular weight excluding hydrogens is 264 g/mol. The van der Waals surface area contributed by atoms with Gasteiger partial charge in [-0.2, -0.15) is 0 Å². The number of aryl methyl sites for hydroxylation is 2. The molecule has 1 heterocycles. The molecule has 0 saturated carbocycles. The second-order valence-corrected chi connectivity index (χ2v) is 5.41. The zero-order valence-electron chi connectivity index (χ0n) is 12.0. The third-order valence-corrected chi connectivity index (χ3v) is 4.02. The van der Waals surface area contributed by atoms with Gasteiger partial charge in [-0.15, -0.1) is 0 Å². The van der Waals surface area contributed by atoms with Gasteiger partial charge in [0.25, 0.3) is 0 Å². The maximum atomic E-state index is 11.4. The summed E-state index contributed by atoms with van der Waals surface area (Å²) in [6, 6.07) is 11.9. The van der Waals surface area contributed by atoms with E-state index in [1.807, 2.05) is 25.1 Å². The van der Waals surface area contributed by atoms with Crippen molar-refractivity contribution in [3.63, 3.8) is 0 Å². The lowest BCUT2D eigenvalue weighted by molar-refractivity contribution is 0.0698. The molecule has 0 saturated heterocycles. The number of carboxylic acid groups (broad SMARTS) is 1. The van der Waals surface area contributed by atoms with Crippen LogP contribution in [0.3, 0.4) is 0 Å². The highest BCUT2D eigenvalue weighted by Crippen LogP contribution is 2.35. The number of para-hydroxylation sites is 1. The first kappa shape index (κ1) is 13.5. The molecule has 3 rings (SSSR count). The third kappa shape index (κ3) is 2.33. The molecule has 0 radical (unpaired) electrons. The molecule has 4 nitrogen and oxygen atoms in total. The van der Waals surface area contributed by atoms with Crippen molar-refractivity contribution in [3.8, 4) is 0 Å². The summed E-state index contributed by atoms with van der Waals surface area (Å²) in [5, 5.41) is 9.31. The van der Waals surface area contributed by atoms with Gasteiger partial charge in [-0.25, -0.2) is 4.79 Å². The van der Waals surface area contributed by atoms with Gasteiger partial charge in [0.2, 0.25) is 0 Å². The highest BCUT2D eigenvalue weighted by atomic mass is 16.4. The minimum absolute atomic E-state index is 0.174. The average Bonchev–Trinajstić information content (AvgIpc) is 2.49. The average molecular weight is 282 g/mol. The molecule has 0 amide bonds. The van der Waals surface area contributed by atoms with E-state index < -0.39 is 5.97 Å². The molecule has 21 heavy (non-hydrogen) atoms. The third-order valence-electron chi connectivity index (χ3n) is 4.02. The quantitative estimate of drug-likeness (QED) is 0.829. The van der Waals surface area contributed by atoms with E-state index in [4.69, 9.17) is 5.73 Å². The maximum Gasteiger partial charge on any atom is 0.337 e. The number of anilines is 3. The molecule has 0 fully saturated rings. The van der Waals surface area contributed by atoms with E-state index in [1.165, 1.54) is 5.56 Å². The summed E-state index contributed by atoms with van der Waals surface area (Å²) in [4.78, 5) is 13.5. The number of fused-ring (bicyclic) bond motifs is 1. The van der Waals surface area contributed by atoms with E-state index >= 15 is 0 Å². The van der Waals surface area contributed by atoms with Gasteiger partial charge in [0.05, 0.1) is 5.56 Å². The van der Waals surface area contributed by atoms with Gasteiger partial charge in [0.15, 0.2) is 0 Å². The molecule has 2 aromatic rings. The zero-order chi connectivity index (χ0) is 15.0. The fourth-order valence-electron chi connectivity index (χ4n) is 2.91. The van der Waals surface area contributed by atoms with Crippen LogP contribution in [-0.4, -0.2) is 17.6 Å². The van der Waals surface area contributed by atoms with Crippen LogP contribution in [-0.2, 0) is 6.42 Å². The van der Waals surface area contributed by atoms with Gasteiger partial charge in [-0.1, -0.05) is 18.2 Å². The van der Waals surface area contributed by atoms with E-state index in [0.29, 0.717) is 5.69 Å². The highest BCUT2D eigenvalue weighted by Gasteiger charge is 2.20. The second kappa shape index (κ2) is 5.13. The normalized spacial score (nSPS) is 13.9. The summed E-state index contributed by atoms with van der Waals surface area (Å²) in [5.74, 6) is -0.984. The molecule has 0 unspecified atom stereocenters. The van der Waals surface area contributed by atoms with Crippen LogP contribution in [0.1, 0.15) is 27.9 Å². The SMILES string of the molecule is Cc1cc(N2CCCc3ccccc32)cc(C(=O)O)c1N. The molecule has 0 spiro atoms. The Bertz CT molecular complexity index is 710. The fourth-order valence-corrected chi connectivity index (χ4v) is 2.91. The van der Waals surface area contributed by atoms with Crippen molar-refractivity contribution in [2.24, 2.45) is 0 Å². The van der Waals surface area contributed by atoms with Crippen molar-refractivity contribution < 1.29 is 9.90 Å². The molecule has 2 aromatic carbocycles. The van der Waals surface area contributed by atoms with Crippen molar-refractivity contribution in [2.75, 3.05) is 17.2 Å². The summed E-state index contributed by atoms with van der Waals surface area (Å²) < 4.78 is 0. The van der Waals surface area contributed by atoms with Gasteiger partial charge in [0, 0.05) is 23.6 Å². The Hall–Kier alpha value is -2.49. The molecule has 108 valence electrons. The van der Waals surface area contributed by atoms with Crippen LogP contribution < -0.4 is 10.6 Å². The predicted molar refractivity (Wildman–Crippen MR) is 84.3 cm³/mol. The van der Waals surface area contributed by atoms with Crippen molar-refractivity contribution in [1.29, 1.82) is 0 Å². The number of benzene rings is 2. The highest BCUT2D eigenvalue weighted by molar-refractivity contribution is 5.96. The van der Waals surface area contributed by atoms with Gasteiger partial charge < -0.3 is 15.7 Å². The first-order valence-corrected chi connectivity index (χ1v) is 7.07. The van der Waals surface area contributed by atoms with Gasteiger partial charge in [0.1, 0.15) is 0 Å². The molecule has 0 aromatic heterocycles. The van der Waals surface area contributed by atoms with Gasteiger partial charge in [-0.05, 0) is 49.1 Å². The summed E-state index contributed by atoms with van der Waals surface area (Å²) >= 11 is 0. The molecule has 0 aliphatic carbocycles. The largest absolute Gasteiger partial charge is 0.478 e. The lowest BCUT2D eigenvalue weighted by Crippen LogP contribution is -2.25. The van der Waals surface area contributed by atoms with E-state index in [0.717, 1.165) is 36.3 Å². The topological polar surface area (TPSA) is 66.6 Å². The minimum Gasteiger partial charge on any atom is -0.478 e. The Kier molecular flexibility index (Phi) is 3.29. The minimum atomic E-state index is -0.984. The monoisotopic (exact) mass is 282 g/mol. The van der Waals surface area contributed by atoms with Crippen LogP contribution in [0.2, 0.25) is 0 Å². The number of carboxylic acids is 1. The van der Waals surface area contributed by atoms with Gasteiger partial charge >= 0.3 is 5.97 Å². The van der Waals surface area contributed by atoms with Crippen molar-refractivity contribution in [2.45, 2.75) is 19.8 Å². The number of hydrogen-bond acceptors (Lipinski definition) is 3. The van der Waals surface area contributed by atoms with Crippen LogP contribution in [0.5, 0.6) is 0 Å². The number of rotatable bonds is 2. The van der Waals surface area contributed by atoms with E-state index in [2.05, 4.69) is 17.0 Å². The van der Waals surface area contributed by atoms with Crippen LogP contribution >= 0.6 is 0 Å². The molecular formula is C17H18N2O2. The summed E-state index contributed by atoms with van der Waals surface area (Å²) in [7, 11) is 0. The van der Waals surface area contributed by atoms with Crippen LogP contribution in [0, 0.1) is 6.92 Å². The summed E-state index contributed by atoms with van der Waals surface area (Å²) in [6.07, 6.45) is 2.12. The first-order chi connectivity index (χ1) is 10.1. The Morgan fingerprint density at radius 2 is 2.05 bits per heavy atom. The number of aromatic carboxylic acids is 1. The number of hydrogen-bond donors (Lipinski definition) is 2. The Morgan fingerprint density at radius 1 is 1.29 bits per heavy atom. The number of nitrogens with two attached hydrogens (primary N) is 1. The van der Waals surface area contributed by atoms with E-state index in [9.17, 15) is 9.90 Å². The zero-order valence-corrected chi connectivity index (χ0v) is 12.0. The summed E-state index contributed by atoms with van der Waals surface area (Å²) in [6.45, 7) is 2.74. The molecule has 1 aliphatic heterocycles. The lowest BCUT2D eigenvalue weighted by atomic mass is 9.99. The fraction of sp³-hybridized carbons (Fsp3) is 0.235. The van der Waals surface area contributed by atoms with E-state index in [1.54, 1.807) is 6.07 Å². The first-order valence-electron chi connectivity index (χ1n) is 7.07. The molecule has 0 atom stereocenters. The van der Waals surface area contributed by atoms with E-state index in [-0.39, 0.29) is 5.56 Å². The maximum absolute atomic E-state index is 11.4.